The average molecular weight is 560 g/mol. The second kappa shape index (κ2) is 10.8. The summed E-state index contributed by atoms with van der Waals surface area (Å²) in [7, 11) is -1.37. The SMILES string of the molecule is CNC(=O)[C@H](C)Cn1cnc2ccc(-c3cnc(OC)c(NS(=O)(=O)c4ccc(F)cc4Cl)c3)cc2c1=O. The van der Waals surface area contributed by atoms with Crippen molar-refractivity contribution in [3.63, 3.8) is 0 Å². The van der Waals surface area contributed by atoms with Crippen LogP contribution in [0.3, 0.4) is 0 Å². The summed E-state index contributed by atoms with van der Waals surface area (Å²) >= 11 is 5.96. The fraction of sp³-hybridized carbons (Fsp3) is 0.200. The Hall–Kier alpha value is -4.03. The summed E-state index contributed by atoms with van der Waals surface area (Å²) in [5.41, 5.74) is 1.17. The molecule has 38 heavy (non-hydrogen) atoms. The zero-order valence-electron chi connectivity index (χ0n) is 20.5. The van der Waals surface area contributed by atoms with Crippen molar-refractivity contribution in [3.8, 4) is 17.0 Å². The third-order valence-electron chi connectivity index (χ3n) is 5.79. The fourth-order valence-corrected chi connectivity index (χ4v) is 5.41. The van der Waals surface area contributed by atoms with Gasteiger partial charge < -0.3 is 10.1 Å². The topological polar surface area (TPSA) is 132 Å². The van der Waals surface area contributed by atoms with Crippen LogP contribution >= 0.6 is 11.6 Å². The van der Waals surface area contributed by atoms with Crippen molar-refractivity contribution in [2.45, 2.75) is 18.4 Å². The summed E-state index contributed by atoms with van der Waals surface area (Å²) in [4.78, 5) is 33.2. The number of amides is 1. The molecule has 0 aliphatic heterocycles. The molecule has 4 rings (SSSR count). The molecule has 13 heteroatoms. The number of carbonyl (C=O) groups is 1. The zero-order valence-corrected chi connectivity index (χ0v) is 22.1. The smallest absolute Gasteiger partial charge is 0.263 e. The van der Waals surface area contributed by atoms with Crippen molar-refractivity contribution in [3.05, 3.63) is 76.2 Å². The van der Waals surface area contributed by atoms with E-state index in [9.17, 15) is 22.4 Å². The highest BCUT2D eigenvalue weighted by Gasteiger charge is 2.22. The van der Waals surface area contributed by atoms with Gasteiger partial charge in [0.15, 0.2) is 0 Å². The van der Waals surface area contributed by atoms with Crippen LogP contribution in [0.15, 0.2) is 64.7 Å². The van der Waals surface area contributed by atoms with Crippen molar-refractivity contribution < 1.29 is 22.3 Å². The number of nitrogens with zero attached hydrogens (tertiary/aromatic N) is 3. The number of fused-ring (bicyclic) bond motifs is 1. The lowest BCUT2D eigenvalue weighted by molar-refractivity contribution is -0.124. The Kier molecular flexibility index (Phi) is 7.65. The molecule has 0 spiro atoms. The number of ether oxygens (including phenoxy) is 1. The van der Waals surface area contributed by atoms with Gasteiger partial charge in [-0.1, -0.05) is 24.6 Å². The molecule has 0 unspecified atom stereocenters. The molecule has 0 saturated heterocycles. The maximum atomic E-state index is 13.4. The van der Waals surface area contributed by atoms with E-state index in [4.69, 9.17) is 16.3 Å². The monoisotopic (exact) mass is 559 g/mol. The summed E-state index contributed by atoms with van der Waals surface area (Å²) in [6.45, 7) is 1.85. The largest absolute Gasteiger partial charge is 0.480 e. The number of aromatic nitrogens is 3. The molecule has 0 radical (unpaired) electrons. The van der Waals surface area contributed by atoms with Gasteiger partial charge in [0.2, 0.25) is 11.8 Å². The molecular weight excluding hydrogens is 537 g/mol. The fourth-order valence-electron chi connectivity index (χ4n) is 3.83. The Morgan fingerprint density at radius 3 is 2.61 bits per heavy atom. The Labute approximate surface area is 222 Å². The van der Waals surface area contributed by atoms with E-state index in [0.29, 0.717) is 22.0 Å². The van der Waals surface area contributed by atoms with Crippen molar-refractivity contribution in [1.29, 1.82) is 0 Å². The number of rotatable bonds is 8. The molecule has 0 fully saturated rings. The quantitative estimate of drug-likeness (QED) is 0.338. The van der Waals surface area contributed by atoms with E-state index >= 15 is 0 Å². The molecule has 0 bridgehead atoms. The summed E-state index contributed by atoms with van der Waals surface area (Å²) in [5.74, 6) is -1.34. The number of pyridine rings is 1. The number of carbonyl (C=O) groups excluding carboxylic acids is 1. The average Bonchev–Trinajstić information content (AvgIpc) is 2.89. The normalized spacial score (nSPS) is 12.2. The van der Waals surface area contributed by atoms with Gasteiger partial charge in [0, 0.05) is 25.4 Å². The third-order valence-corrected chi connectivity index (χ3v) is 7.64. The Morgan fingerprint density at radius 2 is 1.92 bits per heavy atom. The van der Waals surface area contributed by atoms with Gasteiger partial charge in [-0.2, -0.15) is 0 Å². The summed E-state index contributed by atoms with van der Waals surface area (Å²) < 4.78 is 48.3. The number of anilines is 1. The second-order valence-electron chi connectivity index (χ2n) is 8.41. The lowest BCUT2D eigenvalue weighted by Gasteiger charge is -2.14. The molecule has 0 aliphatic rings. The van der Waals surface area contributed by atoms with Crippen LogP contribution in [0.5, 0.6) is 5.88 Å². The standard InChI is InChI=1S/C25H23ClFN5O5S/c1-14(23(33)28-2)12-32-13-30-20-6-4-15(8-18(20)25(32)34)16-9-21(24(37-3)29-11-16)31-38(35,36)22-7-5-17(27)10-19(22)26/h4-11,13-14,31H,12H2,1-3H3,(H,28,33)/t14-/m1/s1. The minimum Gasteiger partial charge on any atom is -0.480 e. The maximum Gasteiger partial charge on any atom is 0.263 e. The molecule has 1 atom stereocenters. The number of benzene rings is 2. The molecule has 0 saturated carbocycles. The summed E-state index contributed by atoms with van der Waals surface area (Å²) in [6.07, 6.45) is 2.86. The van der Waals surface area contributed by atoms with E-state index in [1.54, 1.807) is 25.1 Å². The molecular formula is C25H23ClFN5O5S. The van der Waals surface area contributed by atoms with Crippen LogP contribution in [-0.2, 0) is 21.4 Å². The van der Waals surface area contributed by atoms with Crippen molar-refractivity contribution >= 4 is 44.1 Å². The van der Waals surface area contributed by atoms with Crippen LogP contribution in [0.1, 0.15) is 6.92 Å². The van der Waals surface area contributed by atoms with Crippen molar-refractivity contribution in [2.24, 2.45) is 5.92 Å². The predicted molar refractivity (Wildman–Crippen MR) is 141 cm³/mol. The van der Waals surface area contributed by atoms with Gasteiger partial charge in [-0.15, -0.1) is 0 Å². The van der Waals surface area contributed by atoms with Gasteiger partial charge >= 0.3 is 0 Å². The summed E-state index contributed by atoms with van der Waals surface area (Å²) in [5, 5.41) is 2.58. The first-order chi connectivity index (χ1) is 18.0. The van der Waals surface area contributed by atoms with Gasteiger partial charge in [0.1, 0.15) is 16.4 Å². The molecule has 0 aliphatic carbocycles. The van der Waals surface area contributed by atoms with Crippen LogP contribution in [0, 0.1) is 11.7 Å². The van der Waals surface area contributed by atoms with Crippen LogP contribution in [0.4, 0.5) is 10.1 Å². The molecule has 2 N–H and O–H groups in total. The Morgan fingerprint density at radius 1 is 1.16 bits per heavy atom. The number of halogens is 2. The first-order valence-corrected chi connectivity index (χ1v) is 13.1. The molecule has 198 valence electrons. The first kappa shape index (κ1) is 27.0. The first-order valence-electron chi connectivity index (χ1n) is 11.3. The van der Waals surface area contributed by atoms with Crippen molar-refractivity contribution in [1.82, 2.24) is 19.9 Å². The van der Waals surface area contributed by atoms with Gasteiger partial charge in [-0.3, -0.25) is 18.9 Å². The van der Waals surface area contributed by atoms with E-state index in [2.05, 4.69) is 20.0 Å². The predicted octanol–water partition coefficient (Wildman–Crippen LogP) is 3.44. The van der Waals surface area contributed by atoms with Crippen molar-refractivity contribution in [2.75, 3.05) is 18.9 Å². The molecule has 1 amide bonds. The second-order valence-corrected chi connectivity index (χ2v) is 10.5. The van der Waals surface area contributed by atoms with Gasteiger partial charge in [-0.05, 0) is 42.0 Å². The van der Waals surface area contributed by atoms with E-state index in [0.717, 1.165) is 18.2 Å². The van der Waals surface area contributed by atoms with Gasteiger partial charge in [0.25, 0.3) is 15.6 Å². The summed E-state index contributed by atoms with van der Waals surface area (Å²) in [6, 6.07) is 9.41. The minimum atomic E-state index is -4.22. The molecule has 2 aromatic heterocycles. The van der Waals surface area contributed by atoms with Crippen LogP contribution in [-0.4, -0.2) is 43.0 Å². The van der Waals surface area contributed by atoms with E-state index in [1.165, 1.54) is 37.3 Å². The number of hydrogen-bond donors (Lipinski definition) is 2. The Bertz CT molecular complexity index is 1710. The molecule has 4 aromatic rings. The third kappa shape index (κ3) is 5.46. The molecule has 10 nitrogen and oxygen atoms in total. The number of sulfonamides is 1. The highest BCUT2D eigenvalue weighted by Crippen LogP contribution is 2.32. The van der Waals surface area contributed by atoms with Crippen LogP contribution in [0.25, 0.3) is 22.0 Å². The lowest BCUT2D eigenvalue weighted by Crippen LogP contribution is -2.32. The zero-order chi connectivity index (χ0) is 27.6. The minimum absolute atomic E-state index is 0.00786. The van der Waals surface area contributed by atoms with E-state index in [1.807, 2.05) is 0 Å². The highest BCUT2D eigenvalue weighted by atomic mass is 35.5. The number of methoxy groups -OCH3 is 1. The van der Waals surface area contributed by atoms with Crippen LogP contribution in [0.2, 0.25) is 5.02 Å². The highest BCUT2D eigenvalue weighted by molar-refractivity contribution is 7.92. The number of nitrogens with one attached hydrogen (secondary N) is 2. The molecule has 2 heterocycles. The van der Waals surface area contributed by atoms with Gasteiger partial charge in [0.05, 0.1) is 35.3 Å². The van der Waals surface area contributed by atoms with Gasteiger partial charge in [-0.25, -0.2) is 22.8 Å². The van der Waals surface area contributed by atoms with E-state index < -0.39 is 21.8 Å². The maximum absolute atomic E-state index is 13.4. The van der Waals surface area contributed by atoms with Crippen LogP contribution < -0.4 is 20.3 Å². The Balaban J connectivity index is 1.73. The lowest BCUT2D eigenvalue weighted by atomic mass is 10.0. The van der Waals surface area contributed by atoms with E-state index in [-0.39, 0.29) is 39.5 Å². The number of hydrogen-bond acceptors (Lipinski definition) is 7. The molecule has 2 aromatic carbocycles.